The molecule has 0 amide bonds. The van der Waals surface area contributed by atoms with Crippen LogP contribution in [0.25, 0.3) is 11.0 Å². The number of H-pyrrole nitrogens is 1. The van der Waals surface area contributed by atoms with Gasteiger partial charge in [-0.25, -0.2) is 0 Å². The Balaban J connectivity index is 2.28. The van der Waals surface area contributed by atoms with Gasteiger partial charge >= 0.3 is 6.18 Å². The van der Waals surface area contributed by atoms with E-state index in [4.69, 9.17) is 0 Å². The Hall–Kier alpha value is -2.06. The van der Waals surface area contributed by atoms with Gasteiger partial charge in [0, 0.05) is 20.1 Å². The molecule has 110 valence electrons. The maximum Gasteiger partial charge on any atom is 0.390 e. The molecule has 0 atom stereocenters. The summed E-state index contributed by atoms with van der Waals surface area (Å²) in [5.74, 6) is 0.780. The molecule has 0 bridgehead atoms. The monoisotopic (exact) mass is 288 g/mol. The lowest BCUT2D eigenvalue weighted by Gasteiger charge is -2.20. The van der Waals surface area contributed by atoms with Crippen LogP contribution in [-0.2, 0) is 0 Å². The molecule has 20 heavy (non-hydrogen) atoms. The fraction of sp³-hybridized carbons (Fsp3) is 0.545. The number of nitrogens with zero attached hydrogens (tertiary/aromatic N) is 4. The summed E-state index contributed by atoms with van der Waals surface area (Å²) in [5.41, 5.74) is 0.491. The Morgan fingerprint density at radius 3 is 2.75 bits per heavy atom. The largest absolute Gasteiger partial charge is 0.390 e. The maximum atomic E-state index is 12.3. The zero-order valence-electron chi connectivity index (χ0n) is 11.1. The normalized spacial score (nSPS) is 11.8. The first-order valence-corrected chi connectivity index (χ1v) is 6.13. The van der Waals surface area contributed by atoms with Crippen molar-refractivity contribution >= 4 is 22.8 Å². The molecule has 0 fully saturated rings. The molecule has 9 heteroatoms. The molecule has 0 unspecified atom stereocenters. The van der Waals surface area contributed by atoms with Crippen LogP contribution in [0.2, 0.25) is 0 Å². The van der Waals surface area contributed by atoms with Gasteiger partial charge in [-0.3, -0.25) is 5.10 Å². The van der Waals surface area contributed by atoms with Gasteiger partial charge in [0.25, 0.3) is 0 Å². The molecular formula is C11H15F3N6. The third-order valence-electron chi connectivity index (χ3n) is 2.72. The van der Waals surface area contributed by atoms with Crippen molar-refractivity contribution in [2.45, 2.75) is 19.5 Å². The molecule has 0 aliphatic carbocycles. The third kappa shape index (κ3) is 3.28. The van der Waals surface area contributed by atoms with Crippen molar-refractivity contribution in [1.82, 2.24) is 20.2 Å². The van der Waals surface area contributed by atoms with Gasteiger partial charge < -0.3 is 10.2 Å². The molecule has 0 aromatic carbocycles. The van der Waals surface area contributed by atoms with E-state index in [9.17, 15) is 13.2 Å². The summed E-state index contributed by atoms with van der Waals surface area (Å²) in [5, 5.41) is 10.1. The minimum absolute atomic E-state index is 0.174. The van der Waals surface area contributed by atoms with Crippen LogP contribution in [0.5, 0.6) is 0 Å². The zero-order valence-corrected chi connectivity index (χ0v) is 11.1. The summed E-state index contributed by atoms with van der Waals surface area (Å²) in [6.45, 7) is 2.32. The SMILES string of the molecule is CCNc1nc(N(C)CCC(F)(F)F)c2cn[nH]c2n1. The highest BCUT2D eigenvalue weighted by Gasteiger charge is 2.27. The van der Waals surface area contributed by atoms with E-state index in [2.05, 4.69) is 25.5 Å². The lowest BCUT2D eigenvalue weighted by Crippen LogP contribution is -2.25. The van der Waals surface area contributed by atoms with Gasteiger partial charge in [0.1, 0.15) is 5.82 Å². The summed E-state index contributed by atoms with van der Waals surface area (Å²) >= 11 is 0. The fourth-order valence-electron chi connectivity index (χ4n) is 1.75. The predicted molar refractivity (Wildman–Crippen MR) is 69.8 cm³/mol. The Labute approximate surface area is 113 Å². The van der Waals surface area contributed by atoms with Crippen LogP contribution in [0.4, 0.5) is 24.9 Å². The number of aromatic nitrogens is 4. The van der Waals surface area contributed by atoms with Crippen LogP contribution >= 0.6 is 0 Å². The van der Waals surface area contributed by atoms with Gasteiger partial charge in [-0.05, 0) is 6.92 Å². The number of hydrogen-bond acceptors (Lipinski definition) is 5. The first kappa shape index (κ1) is 14.4. The van der Waals surface area contributed by atoms with Crippen LogP contribution in [0, 0.1) is 0 Å². The van der Waals surface area contributed by atoms with Crippen molar-refractivity contribution in [2.75, 3.05) is 30.4 Å². The average molecular weight is 288 g/mol. The van der Waals surface area contributed by atoms with Gasteiger partial charge in [-0.15, -0.1) is 0 Å². The Morgan fingerprint density at radius 2 is 2.10 bits per heavy atom. The quantitative estimate of drug-likeness (QED) is 0.882. The van der Waals surface area contributed by atoms with Gasteiger partial charge in [-0.2, -0.15) is 28.2 Å². The predicted octanol–water partition coefficient (Wildman–Crippen LogP) is 2.17. The molecule has 2 N–H and O–H groups in total. The zero-order chi connectivity index (χ0) is 14.8. The van der Waals surface area contributed by atoms with Crippen LogP contribution in [0.15, 0.2) is 6.20 Å². The van der Waals surface area contributed by atoms with Gasteiger partial charge in [0.2, 0.25) is 5.95 Å². The highest BCUT2D eigenvalue weighted by Crippen LogP contribution is 2.25. The van der Waals surface area contributed by atoms with Crippen molar-refractivity contribution in [3.8, 4) is 0 Å². The number of nitrogens with one attached hydrogen (secondary N) is 2. The number of hydrogen-bond donors (Lipinski definition) is 2. The molecule has 0 saturated carbocycles. The lowest BCUT2D eigenvalue weighted by atomic mass is 10.3. The standard InChI is InChI=1S/C11H15F3N6/c1-3-15-10-17-8-7(6-16-19-8)9(18-10)20(2)5-4-11(12,13)14/h6H,3-5H2,1-2H3,(H2,15,16,17,18,19). The first-order valence-electron chi connectivity index (χ1n) is 6.13. The molecule has 2 aromatic heterocycles. The van der Waals surface area contributed by atoms with Crippen molar-refractivity contribution < 1.29 is 13.2 Å². The first-order chi connectivity index (χ1) is 9.40. The molecular weight excluding hydrogens is 273 g/mol. The number of rotatable bonds is 5. The van der Waals surface area contributed by atoms with Crippen molar-refractivity contribution in [1.29, 1.82) is 0 Å². The molecule has 0 saturated heterocycles. The second kappa shape index (κ2) is 5.51. The van der Waals surface area contributed by atoms with E-state index in [0.29, 0.717) is 29.3 Å². The Morgan fingerprint density at radius 1 is 1.35 bits per heavy atom. The van der Waals surface area contributed by atoms with Crippen LogP contribution in [0.3, 0.4) is 0 Å². The van der Waals surface area contributed by atoms with Gasteiger partial charge in [-0.1, -0.05) is 0 Å². The number of halogens is 3. The fourth-order valence-corrected chi connectivity index (χ4v) is 1.75. The van der Waals surface area contributed by atoms with Crippen LogP contribution in [-0.4, -0.2) is 46.5 Å². The second-order valence-corrected chi connectivity index (χ2v) is 4.32. The summed E-state index contributed by atoms with van der Waals surface area (Å²) in [6.07, 6.45) is -3.59. The second-order valence-electron chi connectivity index (χ2n) is 4.32. The molecule has 2 heterocycles. The third-order valence-corrected chi connectivity index (χ3v) is 2.72. The number of alkyl halides is 3. The highest BCUT2D eigenvalue weighted by atomic mass is 19.4. The molecule has 0 spiro atoms. The topological polar surface area (TPSA) is 69.7 Å². The van der Waals surface area contributed by atoms with E-state index in [1.54, 1.807) is 7.05 Å². The summed E-state index contributed by atoms with van der Waals surface area (Å²) in [6, 6.07) is 0. The van der Waals surface area contributed by atoms with Gasteiger partial charge in [0.05, 0.1) is 18.0 Å². The summed E-state index contributed by atoms with van der Waals surface area (Å²) in [4.78, 5) is 9.88. The smallest absolute Gasteiger partial charge is 0.359 e. The minimum Gasteiger partial charge on any atom is -0.359 e. The molecule has 0 radical (unpaired) electrons. The van der Waals surface area contributed by atoms with Gasteiger partial charge in [0.15, 0.2) is 5.65 Å². The van der Waals surface area contributed by atoms with Crippen molar-refractivity contribution in [2.24, 2.45) is 0 Å². The molecule has 2 rings (SSSR count). The van der Waals surface area contributed by atoms with E-state index in [-0.39, 0.29) is 6.54 Å². The molecule has 6 nitrogen and oxygen atoms in total. The molecule has 0 aliphatic heterocycles. The summed E-state index contributed by atoms with van der Waals surface area (Å²) in [7, 11) is 1.57. The van der Waals surface area contributed by atoms with E-state index in [0.717, 1.165) is 0 Å². The van der Waals surface area contributed by atoms with E-state index >= 15 is 0 Å². The minimum atomic E-state index is -4.19. The van der Waals surface area contributed by atoms with E-state index in [1.165, 1.54) is 11.1 Å². The average Bonchev–Trinajstić information content (AvgIpc) is 2.82. The lowest BCUT2D eigenvalue weighted by molar-refractivity contribution is -0.132. The highest BCUT2D eigenvalue weighted by molar-refractivity contribution is 5.87. The van der Waals surface area contributed by atoms with Crippen molar-refractivity contribution in [3.05, 3.63) is 6.20 Å². The molecule has 0 aliphatic rings. The van der Waals surface area contributed by atoms with Crippen LogP contribution < -0.4 is 10.2 Å². The van der Waals surface area contributed by atoms with Crippen LogP contribution in [0.1, 0.15) is 13.3 Å². The summed E-state index contributed by atoms with van der Waals surface area (Å²) < 4.78 is 36.9. The number of aromatic amines is 1. The Bertz CT molecular complexity index is 579. The maximum absolute atomic E-state index is 12.3. The van der Waals surface area contributed by atoms with E-state index < -0.39 is 12.6 Å². The van der Waals surface area contributed by atoms with Crippen molar-refractivity contribution in [3.63, 3.8) is 0 Å². The number of fused-ring (bicyclic) bond motifs is 1. The molecule has 2 aromatic rings. The number of anilines is 2. The van der Waals surface area contributed by atoms with E-state index in [1.807, 2.05) is 6.92 Å². The Kier molecular flexibility index (Phi) is 3.96.